The number of para-hydroxylation sites is 1. The number of hydrogen-bond acceptors (Lipinski definition) is 4. The molecule has 1 aromatic carbocycles. The average Bonchev–Trinajstić information content (AvgIpc) is 3.06. The molecule has 0 bridgehead atoms. The second kappa shape index (κ2) is 4.72. The lowest BCUT2D eigenvalue weighted by Crippen LogP contribution is -2.25. The van der Waals surface area contributed by atoms with Gasteiger partial charge in [0, 0.05) is 11.7 Å². The second-order valence-electron chi connectivity index (χ2n) is 5.37. The van der Waals surface area contributed by atoms with Crippen LogP contribution >= 0.6 is 0 Å². The van der Waals surface area contributed by atoms with Crippen molar-refractivity contribution in [3.63, 3.8) is 0 Å². The minimum atomic E-state index is -2.71. The van der Waals surface area contributed by atoms with E-state index in [1.807, 2.05) is 18.2 Å². The average molecular weight is 301 g/mol. The zero-order valence-corrected chi connectivity index (χ0v) is 11.8. The van der Waals surface area contributed by atoms with Gasteiger partial charge in [-0.1, -0.05) is 18.2 Å². The summed E-state index contributed by atoms with van der Waals surface area (Å²) in [5.74, 6) is 0.184. The second-order valence-corrected chi connectivity index (χ2v) is 5.37. The first-order chi connectivity index (χ1) is 10.6. The molecule has 0 aliphatic carbocycles. The largest absolute Gasteiger partial charge is 0.322 e. The molecule has 5 nitrogen and oxygen atoms in total. The Balaban J connectivity index is 1.86. The Morgan fingerprint density at radius 2 is 1.95 bits per heavy atom. The molecule has 1 atom stereocenters. The Morgan fingerprint density at radius 3 is 2.77 bits per heavy atom. The third-order valence-electron chi connectivity index (χ3n) is 3.92. The Kier molecular flexibility index (Phi) is 2.82. The molecule has 3 aromatic rings. The summed E-state index contributed by atoms with van der Waals surface area (Å²) >= 11 is 0. The van der Waals surface area contributed by atoms with Crippen LogP contribution in [0.4, 0.5) is 20.3 Å². The fourth-order valence-electron chi connectivity index (χ4n) is 2.98. The molecule has 4 rings (SSSR count). The van der Waals surface area contributed by atoms with E-state index in [0.29, 0.717) is 11.5 Å². The molecule has 7 heteroatoms. The van der Waals surface area contributed by atoms with Crippen LogP contribution in [-0.2, 0) is 6.42 Å². The van der Waals surface area contributed by atoms with Gasteiger partial charge in [0.05, 0.1) is 0 Å². The first-order valence-corrected chi connectivity index (χ1v) is 7.03. The number of benzene rings is 1. The highest BCUT2D eigenvalue weighted by molar-refractivity contribution is 5.69. The maximum Gasteiger partial charge on any atom is 0.299 e. The van der Waals surface area contributed by atoms with E-state index < -0.39 is 12.2 Å². The number of halogens is 2. The van der Waals surface area contributed by atoms with Crippen molar-refractivity contribution in [3.8, 4) is 0 Å². The van der Waals surface area contributed by atoms with Gasteiger partial charge in [-0.25, -0.2) is 8.78 Å². The predicted molar refractivity (Wildman–Crippen MR) is 77.5 cm³/mol. The first-order valence-electron chi connectivity index (χ1n) is 7.03. The van der Waals surface area contributed by atoms with Gasteiger partial charge in [0.2, 0.25) is 5.82 Å². The number of fused-ring (bicyclic) bond motifs is 2. The van der Waals surface area contributed by atoms with Gasteiger partial charge >= 0.3 is 0 Å². The molecule has 22 heavy (non-hydrogen) atoms. The Hall–Kier alpha value is -2.57. The van der Waals surface area contributed by atoms with Crippen molar-refractivity contribution in [3.05, 3.63) is 47.8 Å². The molecule has 0 N–H and O–H groups in total. The van der Waals surface area contributed by atoms with E-state index in [-0.39, 0.29) is 6.04 Å². The van der Waals surface area contributed by atoms with Crippen LogP contribution in [0.15, 0.2) is 36.4 Å². The zero-order valence-electron chi connectivity index (χ0n) is 11.8. The highest BCUT2D eigenvalue weighted by atomic mass is 19.3. The molecule has 0 radical (unpaired) electrons. The van der Waals surface area contributed by atoms with Crippen molar-refractivity contribution >= 4 is 17.2 Å². The molecule has 0 amide bonds. The van der Waals surface area contributed by atoms with Crippen LogP contribution in [0.2, 0.25) is 0 Å². The Bertz CT molecular complexity index is 845. The number of nitrogens with zero attached hydrogens (tertiary/aromatic N) is 5. The summed E-state index contributed by atoms with van der Waals surface area (Å²) in [4.78, 5) is 2.06. The van der Waals surface area contributed by atoms with Crippen LogP contribution in [-0.4, -0.2) is 25.9 Å². The van der Waals surface area contributed by atoms with E-state index in [0.717, 1.165) is 16.6 Å². The van der Waals surface area contributed by atoms with Crippen LogP contribution in [0.5, 0.6) is 0 Å². The molecule has 112 valence electrons. The number of anilines is 2. The number of hydrogen-bond donors (Lipinski definition) is 0. The number of rotatable bonds is 2. The lowest BCUT2D eigenvalue weighted by Gasteiger charge is -2.23. The molecular weight excluding hydrogens is 288 g/mol. The van der Waals surface area contributed by atoms with Crippen LogP contribution in [0.3, 0.4) is 0 Å². The van der Waals surface area contributed by atoms with Crippen LogP contribution < -0.4 is 4.90 Å². The van der Waals surface area contributed by atoms with E-state index in [9.17, 15) is 8.78 Å². The van der Waals surface area contributed by atoms with Crippen LogP contribution in [0.1, 0.15) is 24.7 Å². The van der Waals surface area contributed by atoms with E-state index >= 15 is 0 Å². The lowest BCUT2D eigenvalue weighted by atomic mass is 10.1. The smallest absolute Gasteiger partial charge is 0.299 e. The summed E-state index contributed by atoms with van der Waals surface area (Å²) in [6, 6.07) is 11.7. The number of aromatic nitrogens is 4. The van der Waals surface area contributed by atoms with E-state index in [1.165, 1.54) is 5.56 Å². The first kappa shape index (κ1) is 13.1. The van der Waals surface area contributed by atoms with Crippen molar-refractivity contribution in [2.24, 2.45) is 0 Å². The summed E-state index contributed by atoms with van der Waals surface area (Å²) in [6.45, 7) is 2.09. The van der Waals surface area contributed by atoms with Crippen molar-refractivity contribution in [2.75, 3.05) is 4.90 Å². The third-order valence-corrected chi connectivity index (χ3v) is 3.92. The van der Waals surface area contributed by atoms with Crippen LogP contribution in [0.25, 0.3) is 5.65 Å². The summed E-state index contributed by atoms with van der Waals surface area (Å²) in [5.41, 5.74) is 2.61. The quantitative estimate of drug-likeness (QED) is 0.729. The molecule has 1 unspecified atom stereocenters. The van der Waals surface area contributed by atoms with Gasteiger partial charge in [0.15, 0.2) is 11.5 Å². The van der Waals surface area contributed by atoms with Gasteiger partial charge in [-0.2, -0.15) is 4.52 Å². The molecule has 0 saturated carbocycles. The fourth-order valence-corrected chi connectivity index (χ4v) is 2.98. The maximum atomic E-state index is 13.0. The normalized spacial score (nSPS) is 17.5. The maximum absolute atomic E-state index is 13.0. The molecule has 1 aliphatic rings. The van der Waals surface area contributed by atoms with Crippen LogP contribution in [0, 0.1) is 0 Å². The Morgan fingerprint density at radius 1 is 1.14 bits per heavy atom. The van der Waals surface area contributed by atoms with Crippen molar-refractivity contribution in [2.45, 2.75) is 25.8 Å². The molecule has 0 spiro atoms. The fraction of sp³-hybridized carbons (Fsp3) is 0.267. The zero-order chi connectivity index (χ0) is 15.3. The van der Waals surface area contributed by atoms with E-state index in [2.05, 4.69) is 33.2 Å². The predicted octanol–water partition coefficient (Wildman–Crippen LogP) is 3.14. The topological polar surface area (TPSA) is 46.3 Å². The molecule has 0 fully saturated rings. The Labute approximate surface area is 125 Å². The van der Waals surface area contributed by atoms with Gasteiger partial charge in [-0.15, -0.1) is 15.3 Å². The molecule has 3 heterocycles. The van der Waals surface area contributed by atoms with Gasteiger partial charge in [-0.05, 0) is 37.1 Å². The van der Waals surface area contributed by atoms with Crippen molar-refractivity contribution in [1.82, 2.24) is 19.8 Å². The molecule has 2 aromatic heterocycles. The van der Waals surface area contributed by atoms with E-state index in [1.54, 1.807) is 12.1 Å². The third kappa shape index (κ3) is 1.85. The molecule has 0 saturated heterocycles. The minimum absolute atomic E-state index is 0.217. The molecule has 1 aliphatic heterocycles. The highest BCUT2D eigenvalue weighted by Crippen LogP contribution is 2.37. The monoisotopic (exact) mass is 301 g/mol. The summed E-state index contributed by atoms with van der Waals surface area (Å²) < 4.78 is 27.1. The van der Waals surface area contributed by atoms with Crippen molar-refractivity contribution in [1.29, 1.82) is 0 Å². The van der Waals surface area contributed by atoms with Gasteiger partial charge in [0.25, 0.3) is 6.43 Å². The lowest BCUT2D eigenvalue weighted by molar-refractivity contribution is 0.137. The summed E-state index contributed by atoms with van der Waals surface area (Å²) in [5, 5.41) is 11.6. The summed E-state index contributed by atoms with van der Waals surface area (Å²) in [6.07, 6.45) is -1.80. The minimum Gasteiger partial charge on any atom is -0.322 e. The van der Waals surface area contributed by atoms with Gasteiger partial charge in [0.1, 0.15) is 0 Å². The standard InChI is InChI=1S/C15H13F2N5/c1-9-8-10-4-2-3-5-11(10)21(9)13-7-6-12-18-19-15(14(16)17)22(12)20-13/h2-7,9,14H,8H2,1H3. The molecular formula is C15H13F2N5. The SMILES string of the molecule is CC1Cc2ccccc2N1c1ccc2nnc(C(F)F)n2n1. The van der Waals surface area contributed by atoms with Crippen molar-refractivity contribution < 1.29 is 8.78 Å². The van der Waals surface area contributed by atoms with Gasteiger partial charge in [-0.3, -0.25) is 0 Å². The number of alkyl halides is 2. The van der Waals surface area contributed by atoms with E-state index in [4.69, 9.17) is 0 Å². The highest BCUT2D eigenvalue weighted by Gasteiger charge is 2.28. The van der Waals surface area contributed by atoms with Gasteiger partial charge < -0.3 is 4.90 Å². The summed E-state index contributed by atoms with van der Waals surface area (Å²) in [7, 11) is 0.